The SMILES string of the molecule is O=C(NNC(=S)NCCC[NH+]1CCOCC1)c1ccncc1. The molecule has 1 amide bonds. The van der Waals surface area contributed by atoms with Gasteiger partial charge in [-0.2, -0.15) is 0 Å². The first-order valence-corrected chi connectivity index (χ1v) is 7.82. The second-order valence-electron chi connectivity index (χ2n) is 5.04. The van der Waals surface area contributed by atoms with Gasteiger partial charge in [0.1, 0.15) is 13.1 Å². The van der Waals surface area contributed by atoms with E-state index in [1.165, 1.54) is 0 Å². The molecule has 1 fully saturated rings. The van der Waals surface area contributed by atoms with E-state index in [9.17, 15) is 4.79 Å². The molecule has 0 unspecified atom stereocenters. The van der Waals surface area contributed by atoms with E-state index < -0.39 is 0 Å². The van der Waals surface area contributed by atoms with E-state index in [-0.39, 0.29) is 5.91 Å². The summed E-state index contributed by atoms with van der Waals surface area (Å²) < 4.78 is 5.32. The van der Waals surface area contributed by atoms with E-state index in [1.807, 2.05) is 0 Å². The Morgan fingerprint density at radius 1 is 1.27 bits per heavy atom. The minimum absolute atomic E-state index is 0.246. The summed E-state index contributed by atoms with van der Waals surface area (Å²) in [5.41, 5.74) is 5.77. The van der Waals surface area contributed by atoms with Crippen LogP contribution in [0.1, 0.15) is 16.8 Å². The monoisotopic (exact) mass is 324 g/mol. The smallest absolute Gasteiger partial charge is 0.269 e. The summed E-state index contributed by atoms with van der Waals surface area (Å²) in [6, 6.07) is 3.27. The number of aromatic nitrogens is 1. The number of nitrogens with one attached hydrogen (secondary N) is 4. The van der Waals surface area contributed by atoms with Crippen LogP contribution in [-0.2, 0) is 4.74 Å². The third-order valence-electron chi connectivity index (χ3n) is 3.42. The van der Waals surface area contributed by atoms with Gasteiger partial charge in [-0.15, -0.1) is 0 Å². The largest absolute Gasteiger partial charge is 0.370 e. The maximum Gasteiger partial charge on any atom is 0.269 e. The molecule has 120 valence electrons. The van der Waals surface area contributed by atoms with E-state index in [0.717, 1.165) is 45.8 Å². The van der Waals surface area contributed by atoms with Crippen molar-refractivity contribution in [1.29, 1.82) is 0 Å². The molecule has 22 heavy (non-hydrogen) atoms. The molecule has 0 aliphatic carbocycles. The molecule has 1 aromatic heterocycles. The van der Waals surface area contributed by atoms with Gasteiger partial charge < -0.3 is 15.0 Å². The quantitative estimate of drug-likeness (QED) is 0.300. The number of thiocarbonyl (C=S) groups is 1. The fourth-order valence-electron chi connectivity index (χ4n) is 2.18. The molecule has 0 radical (unpaired) electrons. The van der Waals surface area contributed by atoms with Gasteiger partial charge in [0.25, 0.3) is 5.91 Å². The van der Waals surface area contributed by atoms with Gasteiger partial charge in [-0.05, 0) is 24.4 Å². The molecule has 7 nitrogen and oxygen atoms in total. The van der Waals surface area contributed by atoms with Gasteiger partial charge in [0.05, 0.1) is 19.8 Å². The Morgan fingerprint density at radius 3 is 2.73 bits per heavy atom. The number of morpholine rings is 1. The molecule has 1 aliphatic rings. The van der Waals surface area contributed by atoms with Gasteiger partial charge in [0.2, 0.25) is 0 Å². The summed E-state index contributed by atoms with van der Waals surface area (Å²) in [5.74, 6) is -0.246. The molecular formula is C14H22N5O2S+. The Kier molecular flexibility index (Phi) is 7.01. The van der Waals surface area contributed by atoms with Crippen molar-refractivity contribution < 1.29 is 14.4 Å². The second kappa shape index (κ2) is 9.29. The number of amides is 1. The lowest BCUT2D eigenvalue weighted by Gasteiger charge is -2.23. The molecule has 2 heterocycles. The molecule has 2 rings (SSSR count). The molecule has 1 aromatic rings. The number of ether oxygens (including phenoxy) is 1. The Balaban J connectivity index is 1.55. The summed E-state index contributed by atoms with van der Waals surface area (Å²) in [4.78, 5) is 17.2. The summed E-state index contributed by atoms with van der Waals surface area (Å²) >= 11 is 5.12. The molecule has 0 aromatic carbocycles. The van der Waals surface area contributed by atoms with Crippen LogP contribution in [0.2, 0.25) is 0 Å². The third-order valence-corrected chi connectivity index (χ3v) is 3.67. The summed E-state index contributed by atoms with van der Waals surface area (Å²) in [6.45, 7) is 5.73. The van der Waals surface area contributed by atoms with Crippen LogP contribution in [0.3, 0.4) is 0 Å². The highest BCUT2D eigenvalue weighted by molar-refractivity contribution is 7.80. The Labute approximate surface area is 135 Å². The standard InChI is InChI=1S/C14H21N5O2S/c20-13(12-2-5-15-6-3-12)17-18-14(22)16-4-1-7-19-8-10-21-11-9-19/h2-3,5-6H,1,4,7-11H2,(H,17,20)(H2,16,18,22)/p+1. The van der Waals surface area contributed by atoms with Crippen LogP contribution in [-0.4, -0.2) is 55.4 Å². The zero-order valence-electron chi connectivity index (χ0n) is 12.4. The lowest BCUT2D eigenvalue weighted by atomic mass is 10.3. The van der Waals surface area contributed by atoms with Gasteiger partial charge in [0.15, 0.2) is 5.11 Å². The predicted octanol–water partition coefficient (Wildman–Crippen LogP) is -1.50. The van der Waals surface area contributed by atoms with E-state index in [1.54, 1.807) is 29.4 Å². The molecule has 1 saturated heterocycles. The summed E-state index contributed by atoms with van der Waals surface area (Å²) in [5, 5.41) is 3.49. The van der Waals surface area contributed by atoms with Crippen LogP contribution in [0, 0.1) is 0 Å². The molecule has 8 heteroatoms. The minimum Gasteiger partial charge on any atom is -0.370 e. The number of hydrazine groups is 1. The van der Waals surface area contributed by atoms with Crippen LogP contribution in [0.5, 0.6) is 0 Å². The van der Waals surface area contributed by atoms with Crippen molar-refractivity contribution >= 4 is 23.2 Å². The first kappa shape index (κ1) is 16.6. The average Bonchev–Trinajstić information content (AvgIpc) is 2.58. The van der Waals surface area contributed by atoms with Crippen molar-refractivity contribution in [3.63, 3.8) is 0 Å². The number of rotatable bonds is 5. The van der Waals surface area contributed by atoms with Crippen LogP contribution >= 0.6 is 12.2 Å². The van der Waals surface area contributed by atoms with E-state index >= 15 is 0 Å². The second-order valence-corrected chi connectivity index (χ2v) is 5.45. The first-order valence-electron chi connectivity index (χ1n) is 7.41. The molecular weight excluding hydrogens is 302 g/mol. The normalized spacial score (nSPS) is 15.1. The lowest BCUT2D eigenvalue weighted by Crippen LogP contribution is -3.14. The van der Waals surface area contributed by atoms with E-state index in [4.69, 9.17) is 17.0 Å². The molecule has 0 spiro atoms. The van der Waals surface area contributed by atoms with Crippen molar-refractivity contribution in [2.45, 2.75) is 6.42 Å². The Bertz CT molecular complexity index is 479. The highest BCUT2D eigenvalue weighted by atomic mass is 32.1. The molecule has 0 atom stereocenters. The zero-order chi connectivity index (χ0) is 15.6. The molecule has 0 saturated carbocycles. The zero-order valence-corrected chi connectivity index (χ0v) is 13.2. The number of hydrogen-bond donors (Lipinski definition) is 4. The van der Waals surface area contributed by atoms with Crippen LogP contribution in [0.4, 0.5) is 0 Å². The average molecular weight is 324 g/mol. The summed E-state index contributed by atoms with van der Waals surface area (Å²) in [7, 11) is 0. The Morgan fingerprint density at radius 2 is 2.00 bits per heavy atom. The van der Waals surface area contributed by atoms with Crippen LogP contribution < -0.4 is 21.1 Å². The van der Waals surface area contributed by atoms with Crippen molar-refractivity contribution in [2.24, 2.45) is 0 Å². The van der Waals surface area contributed by atoms with E-state index in [2.05, 4.69) is 21.2 Å². The van der Waals surface area contributed by atoms with Gasteiger partial charge in [-0.3, -0.25) is 20.6 Å². The third kappa shape index (κ3) is 5.92. The number of nitrogens with zero attached hydrogens (tertiary/aromatic N) is 1. The van der Waals surface area contributed by atoms with Gasteiger partial charge in [-0.25, -0.2) is 0 Å². The van der Waals surface area contributed by atoms with Gasteiger partial charge in [0, 0.05) is 30.9 Å². The fraction of sp³-hybridized carbons (Fsp3) is 0.500. The topological polar surface area (TPSA) is 79.7 Å². The molecule has 0 bridgehead atoms. The summed E-state index contributed by atoms with van der Waals surface area (Å²) in [6.07, 6.45) is 4.16. The highest BCUT2D eigenvalue weighted by Gasteiger charge is 2.12. The number of carbonyl (C=O) groups excluding carboxylic acids is 1. The Hall–Kier alpha value is -1.77. The van der Waals surface area contributed by atoms with E-state index in [0.29, 0.717) is 10.7 Å². The maximum atomic E-state index is 11.8. The predicted molar refractivity (Wildman–Crippen MR) is 86.4 cm³/mol. The maximum absolute atomic E-state index is 11.8. The number of hydrogen-bond acceptors (Lipinski definition) is 4. The van der Waals surface area contributed by atoms with Crippen molar-refractivity contribution in [3.8, 4) is 0 Å². The number of carbonyl (C=O) groups is 1. The van der Waals surface area contributed by atoms with Crippen LogP contribution in [0.25, 0.3) is 0 Å². The highest BCUT2D eigenvalue weighted by Crippen LogP contribution is 1.94. The van der Waals surface area contributed by atoms with Crippen molar-refractivity contribution in [1.82, 2.24) is 21.2 Å². The molecule has 1 aliphatic heterocycles. The van der Waals surface area contributed by atoms with Crippen molar-refractivity contribution in [3.05, 3.63) is 30.1 Å². The van der Waals surface area contributed by atoms with Gasteiger partial charge >= 0.3 is 0 Å². The fourth-order valence-corrected chi connectivity index (χ4v) is 2.34. The first-order chi connectivity index (χ1) is 10.8. The van der Waals surface area contributed by atoms with Crippen molar-refractivity contribution in [2.75, 3.05) is 39.4 Å². The molecule has 4 N–H and O–H groups in total. The number of pyridine rings is 1. The minimum atomic E-state index is -0.246. The number of quaternary nitrogens is 1. The lowest BCUT2D eigenvalue weighted by molar-refractivity contribution is -0.908. The van der Waals surface area contributed by atoms with Gasteiger partial charge in [-0.1, -0.05) is 0 Å². The van der Waals surface area contributed by atoms with Crippen LogP contribution in [0.15, 0.2) is 24.5 Å².